The molecule has 0 aliphatic carbocycles. The molecule has 1 saturated heterocycles. The lowest BCUT2D eigenvalue weighted by Crippen LogP contribution is -2.51. The van der Waals surface area contributed by atoms with Crippen LogP contribution in [0.2, 0.25) is 0 Å². The van der Waals surface area contributed by atoms with Crippen LogP contribution < -0.4 is 10.1 Å². The first-order valence-electron chi connectivity index (χ1n) is 10.6. The van der Waals surface area contributed by atoms with Crippen molar-refractivity contribution in [3.05, 3.63) is 18.0 Å². The maximum atomic E-state index is 12.8. The zero-order chi connectivity index (χ0) is 26.0. The summed E-state index contributed by atoms with van der Waals surface area (Å²) in [6.45, 7) is -0.0846. The SMILES string of the molecule is Cn1c(C(=O)NC2(C)CCS(=O)(=O)CC2)nc2ccc(OC[C@@H](CC(F)(F)F)OCC(F)F)nc21. The van der Waals surface area contributed by atoms with Gasteiger partial charge < -0.3 is 19.4 Å². The highest BCUT2D eigenvalue weighted by atomic mass is 32.2. The quantitative estimate of drug-likeness (QED) is 0.498. The van der Waals surface area contributed by atoms with Gasteiger partial charge in [-0.1, -0.05) is 0 Å². The smallest absolute Gasteiger partial charge is 0.391 e. The Labute approximate surface area is 197 Å². The summed E-state index contributed by atoms with van der Waals surface area (Å²) < 4.78 is 97.4. The summed E-state index contributed by atoms with van der Waals surface area (Å²) >= 11 is 0. The number of fused-ring (bicyclic) bond motifs is 1. The summed E-state index contributed by atoms with van der Waals surface area (Å²) in [6.07, 6.45) is -10.2. The molecule has 3 heterocycles. The standard InChI is InChI=1S/C20H25F5N4O5S/c1-19(5-7-35(31,32)8-6-19)28-18(30)17-26-13-3-4-15(27-16(13)29(17)2)34-10-12(9-20(23,24)25)33-11-14(21)22/h3-4,12,14H,5-11H2,1-2H3,(H,28,30)/t12-/m1/s1. The van der Waals surface area contributed by atoms with Crippen molar-refractivity contribution in [1.29, 1.82) is 0 Å². The molecule has 0 bridgehead atoms. The lowest BCUT2D eigenvalue weighted by Gasteiger charge is -2.34. The molecule has 35 heavy (non-hydrogen) atoms. The minimum absolute atomic E-state index is 0.00507. The second kappa shape index (κ2) is 10.2. The zero-order valence-corrected chi connectivity index (χ0v) is 19.8. The van der Waals surface area contributed by atoms with Crippen molar-refractivity contribution in [2.75, 3.05) is 24.7 Å². The number of halogens is 5. The molecule has 0 unspecified atom stereocenters. The maximum absolute atomic E-state index is 12.8. The molecule has 1 N–H and O–H groups in total. The van der Waals surface area contributed by atoms with Gasteiger partial charge in [-0.2, -0.15) is 18.2 Å². The van der Waals surface area contributed by atoms with E-state index in [1.54, 1.807) is 6.92 Å². The van der Waals surface area contributed by atoms with E-state index < -0.39 is 59.6 Å². The molecule has 0 radical (unpaired) electrons. The molecule has 0 saturated carbocycles. The molecule has 3 rings (SSSR count). The molecular weight excluding hydrogens is 503 g/mol. The van der Waals surface area contributed by atoms with Gasteiger partial charge in [0.05, 0.1) is 17.9 Å². The topological polar surface area (TPSA) is 112 Å². The van der Waals surface area contributed by atoms with Gasteiger partial charge in [0.25, 0.3) is 12.3 Å². The van der Waals surface area contributed by atoms with Crippen LogP contribution in [0.15, 0.2) is 12.1 Å². The van der Waals surface area contributed by atoms with E-state index >= 15 is 0 Å². The van der Waals surface area contributed by atoms with E-state index in [2.05, 4.69) is 20.0 Å². The third-order valence-electron chi connectivity index (χ3n) is 5.57. The van der Waals surface area contributed by atoms with Gasteiger partial charge >= 0.3 is 6.18 Å². The van der Waals surface area contributed by atoms with Crippen molar-refractivity contribution in [3.8, 4) is 5.88 Å². The molecule has 1 atom stereocenters. The Balaban J connectivity index is 1.71. The monoisotopic (exact) mass is 528 g/mol. The third-order valence-corrected chi connectivity index (χ3v) is 7.23. The number of hydrogen-bond acceptors (Lipinski definition) is 7. The summed E-state index contributed by atoms with van der Waals surface area (Å²) in [5.74, 6) is -0.727. The number of sulfone groups is 1. The second-order valence-electron chi connectivity index (χ2n) is 8.63. The predicted octanol–water partition coefficient (Wildman–Crippen LogP) is 2.65. The Morgan fingerprint density at radius 2 is 1.86 bits per heavy atom. The van der Waals surface area contributed by atoms with E-state index in [1.165, 1.54) is 23.7 Å². The first kappa shape index (κ1) is 27.0. The number of nitrogens with zero attached hydrogens (tertiary/aromatic N) is 3. The number of nitrogens with one attached hydrogen (secondary N) is 1. The van der Waals surface area contributed by atoms with Crippen molar-refractivity contribution in [1.82, 2.24) is 19.9 Å². The van der Waals surface area contributed by atoms with Crippen LogP contribution in [0.25, 0.3) is 11.2 Å². The van der Waals surface area contributed by atoms with E-state index in [-0.39, 0.29) is 41.7 Å². The Hall–Kier alpha value is -2.55. The minimum Gasteiger partial charge on any atom is -0.475 e. The van der Waals surface area contributed by atoms with Crippen LogP contribution in [0.3, 0.4) is 0 Å². The predicted molar refractivity (Wildman–Crippen MR) is 114 cm³/mol. The molecule has 0 aromatic carbocycles. The molecule has 2 aromatic heterocycles. The molecule has 196 valence electrons. The maximum Gasteiger partial charge on any atom is 0.391 e. The average Bonchev–Trinajstić information content (AvgIpc) is 3.08. The average molecular weight is 529 g/mol. The van der Waals surface area contributed by atoms with Gasteiger partial charge in [0.2, 0.25) is 11.7 Å². The second-order valence-corrected chi connectivity index (χ2v) is 10.9. The van der Waals surface area contributed by atoms with Crippen molar-refractivity contribution in [2.24, 2.45) is 7.05 Å². The van der Waals surface area contributed by atoms with Gasteiger partial charge in [-0.05, 0) is 25.8 Å². The number of ether oxygens (including phenoxy) is 2. The van der Waals surface area contributed by atoms with E-state index in [9.17, 15) is 35.2 Å². The van der Waals surface area contributed by atoms with E-state index in [4.69, 9.17) is 4.74 Å². The van der Waals surface area contributed by atoms with E-state index in [0.717, 1.165) is 0 Å². The molecule has 1 aliphatic rings. The number of aryl methyl sites for hydroxylation is 1. The highest BCUT2D eigenvalue weighted by Crippen LogP contribution is 2.26. The number of carbonyl (C=O) groups excluding carboxylic acids is 1. The number of hydrogen-bond donors (Lipinski definition) is 1. The fourth-order valence-electron chi connectivity index (χ4n) is 3.59. The molecule has 9 nitrogen and oxygen atoms in total. The van der Waals surface area contributed by atoms with Gasteiger partial charge in [-0.25, -0.2) is 22.2 Å². The van der Waals surface area contributed by atoms with Crippen molar-refractivity contribution < 1.29 is 44.6 Å². The number of carbonyl (C=O) groups is 1. The van der Waals surface area contributed by atoms with Crippen LogP contribution in [0, 0.1) is 0 Å². The van der Waals surface area contributed by atoms with Crippen LogP contribution in [0.4, 0.5) is 22.0 Å². The van der Waals surface area contributed by atoms with Crippen LogP contribution >= 0.6 is 0 Å². The lowest BCUT2D eigenvalue weighted by molar-refractivity contribution is -0.169. The normalized spacial score (nSPS) is 18.5. The number of rotatable bonds is 9. The number of imidazole rings is 1. The van der Waals surface area contributed by atoms with E-state index in [1.807, 2.05) is 0 Å². The summed E-state index contributed by atoms with van der Waals surface area (Å²) in [7, 11) is -1.62. The Morgan fingerprint density at radius 1 is 1.20 bits per heavy atom. The molecule has 1 aliphatic heterocycles. The zero-order valence-electron chi connectivity index (χ0n) is 18.9. The summed E-state index contributed by atoms with van der Waals surface area (Å²) in [5.41, 5.74) is -0.222. The highest BCUT2D eigenvalue weighted by molar-refractivity contribution is 7.91. The van der Waals surface area contributed by atoms with Gasteiger partial charge in [0.1, 0.15) is 34.7 Å². The molecule has 1 amide bonds. The number of aromatic nitrogens is 3. The Kier molecular flexibility index (Phi) is 7.89. The summed E-state index contributed by atoms with van der Waals surface area (Å²) in [6, 6.07) is 2.77. The molecule has 2 aromatic rings. The summed E-state index contributed by atoms with van der Waals surface area (Å²) in [4.78, 5) is 21.2. The lowest BCUT2D eigenvalue weighted by atomic mass is 9.95. The molecule has 0 spiro atoms. The van der Waals surface area contributed by atoms with Crippen LogP contribution in [0.5, 0.6) is 5.88 Å². The van der Waals surface area contributed by atoms with Gasteiger partial charge in [-0.3, -0.25) is 4.79 Å². The Morgan fingerprint density at radius 3 is 2.46 bits per heavy atom. The van der Waals surface area contributed by atoms with Crippen LogP contribution in [-0.4, -0.2) is 77.8 Å². The number of pyridine rings is 1. The number of alkyl halides is 5. The summed E-state index contributed by atoms with van der Waals surface area (Å²) in [5, 5.41) is 2.82. The fourth-order valence-corrected chi connectivity index (χ4v) is 5.31. The van der Waals surface area contributed by atoms with Gasteiger partial charge in [0.15, 0.2) is 5.65 Å². The fraction of sp³-hybridized carbons (Fsp3) is 0.650. The van der Waals surface area contributed by atoms with Crippen molar-refractivity contribution in [3.63, 3.8) is 0 Å². The van der Waals surface area contributed by atoms with Gasteiger partial charge in [-0.15, -0.1) is 0 Å². The number of amides is 1. The van der Waals surface area contributed by atoms with Gasteiger partial charge in [0, 0.05) is 18.7 Å². The first-order valence-corrected chi connectivity index (χ1v) is 12.4. The molecule has 15 heteroatoms. The highest BCUT2D eigenvalue weighted by Gasteiger charge is 2.36. The van der Waals surface area contributed by atoms with Crippen LogP contribution in [-0.2, 0) is 21.6 Å². The molecular formula is C20H25F5N4O5S. The van der Waals surface area contributed by atoms with Crippen molar-refractivity contribution >= 4 is 26.9 Å². The van der Waals surface area contributed by atoms with E-state index in [0.29, 0.717) is 5.52 Å². The Bertz CT molecular complexity index is 1150. The third kappa shape index (κ3) is 7.46. The minimum atomic E-state index is -4.64. The largest absolute Gasteiger partial charge is 0.475 e. The first-order chi connectivity index (χ1) is 16.2. The van der Waals surface area contributed by atoms with Crippen LogP contribution in [0.1, 0.15) is 36.8 Å². The molecule has 1 fully saturated rings. The van der Waals surface area contributed by atoms with Crippen molar-refractivity contribution in [2.45, 2.75) is 50.4 Å².